The summed E-state index contributed by atoms with van der Waals surface area (Å²) in [7, 11) is 6.28. The number of hydrogen-bond acceptors (Lipinski definition) is 4. The molecule has 0 aliphatic carbocycles. The second-order valence-corrected chi connectivity index (χ2v) is 5.20. The standard InChI is InChI=1S/C17H24N2O4/c1-7-8-11(2)16(20)18-13-10-15(23-6)14(22-5)9-12(13)17(21)19(3)4/h8-10H,7H2,1-6H3,(H,18,20)/b11-8+. The lowest BCUT2D eigenvalue weighted by molar-refractivity contribution is -0.112. The molecule has 0 aliphatic rings. The molecule has 1 N–H and O–H groups in total. The largest absolute Gasteiger partial charge is 0.493 e. The third-order valence-corrected chi connectivity index (χ3v) is 3.28. The van der Waals surface area contributed by atoms with Crippen LogP contribution in [0.4, 0.5) is 5.69 Å². The number of benzene rings is 1. The topological polar surface area (TPSA) is 67.9 Å². The molecule has 126 valence electrons. The fraction of sp³-hybridized carbons (Fsp3) is 0.412. The summed E-state index contributed by atoms with van der Waals surface area (Å²) >= 11 is 0. The van der Waals surface area contributed by atoms with Gasteiger partial charge in [0.2, 0.25) is 0 Å². The van der Waals surface area contributed by atoms with Crippen LogP contribution >= 0.6 is 0 Å². The zero-order chi connectivity index (χ0) is 17.6. The van der Waals surface area contributed by atoms with Crippen LogP contribution in [0.5, 0.6) is 11.5 Å². The number of nitrogens with zero attached hydrogens (tertiary/aromatic N) is 1. The summed E-state index contributed by atoms with van der Waals surface area (Å²) in [6.07, 6.45) is 2.58. The van der Waals surface area contributed by atoms with Gasteiger partial charge < -0.3 is 19.7 Å². The van der Waals surface area contributed by atoms with Gasteiger partial charge in [-0.1, -0.05) is 13.0 Å². The third kappa shape index (κ3) is 4.48. The van der Waals surface area contributed by atoms with Crippen molar-refractivity contribution < 1.29 is 19.1 Å². The number of ether oxygens (including phenoxy) is 2. The molecule has 0 bridgehead atoms. The van der Waals surface area contributed by atoms with Gasteiger partial charge in [-0.25, -0.2) is 0 Å². The van der Waals surface area contributed by atoms with Crippen LogP contribution in [0.1, 0.15) is 30.6 Å². The minimum absolute atomic E-state index is 0.238. The van der Waals surface area contributed by atoms with E-state index >= 15 is 0 Å². The predicted octanol–water partition coefficient (Wildman–Crippen LogP) is 2.70. The lowest BCUT2D eigenvalue weighted by atomic mass is 10.1. The number of hydrogen-bond donors (Lipinski definition) is 1. The smallest absolute Gasteiger partial charge is 0.255 e. The molecule has 6 nitrogen and oxygen atoms in total. The third-order valence-electron chi connectivity index (χ3n) is 3.28. The summed E-state index contributed by atoms with van der Waals surface area (Å²) in [6.45, 7) is 3.68. The normalized spacial score (nSPS) is 11.0. The minimum atomic E-state index is -0.258. The molecule has 0 fully saturated rings. The van der Waals surface area contributed by atoms with Crippen LogP contribution in [0.15, 0.2) is 23.8 Å². The van der Waals surface area contributed by atoms with Gasteiger partial charge in [-0.15, -0.1) is 0 Å². The molecule has 0 saturated carbocycles. The average Bonchev–Trinajstić information content (AvgIpc) is 2.53. The molecule has 0 radical (unpaired) electrons. The van der Waals surface area contributed by atoms with Crippen molar-refractivity contribution in [3.05, 3.63) is 29.3 Å². The number of rotatable bonds is 6. The van der Waals surface area contributed by atoms with E-state index in [1.54, 1.807) is 33.2 Å². The zero-order valence-electron chi connectivity index (χ0n) is 14.5. The van der Waals surface area contributed by atoms with Crippen LogP contribution in [0.2, 0.25) is 0 Å². The molecule has 1 aromatic carbocycles. The number of anilines is 1. The number of carbonyl (C=O) groups excluding carboxylic acids is 2. The van der Waals surface area contributed by atoms with Crippen molar-refractivity contribution in [2.75, 3.05) is 33.6 Å². The Morgan fingerprint density at radius 3 is 2.22 bits per heavy atom. The minimum Gasteiger partial charge on any atom is -0.493 e. The molecule has 0 heterocycles. The molecule has 6 heteroatoms. The molecule has 0 spiro atoms. The van der Waals surface area contributed by atoms with Gasteiger partial charge in [0.15, 0.2) is 11.5 Å². The molecule has 0 atom stereocenters. The SMILES string of the molecule is CC/C=C(\C)C(=O)Nc1cc(OC)c(OC)cc1C(=O)N(C)C. The van der Waals surface area contributed by atoms with Crippen molar-refractivity contribution in [2.24, 2.45) is 0 Å². The summed E-state index contributed by atoms with van der Waals surface area (Å²) in [5, 5.41) is 2.77. The summed E-state index contributed by atoms with van der Waals surface area (Å²) in [5.41, 5.74) is 1.31. The number of allylic oxidation sites excluding steroid dienone is 1. The van der Waals surface area contributed by atoms with Crippen LogP contribution in [-0.2, 0) is 4.79 Å². The highest BCUT2D eigenvalue weighted by molar-refractivity contribution is 6.08. The fourth-order valence-corrected chi connectivity index (χ4v) is 2.02. The maximum atomic E-state index is 12.4. The van der Waals surface area contributed by atoms with Gasteiger partial charge in [0.05, 0.1) is 25.5 Å². The first-order chi connectivity index (χ1) is 10.8. The number of nitrogens with one attached hydrogen (secondary N) is 1. The lowest BCUT2D eigenvalue weighted by Gasteiger charge is -2.18. The van der Waals surface area contributed by atoms with Crippen LogP contribution in [0.3, 0.4) is 0 Å². The Morgan fingerprint density at radius 2 is 1.74 bits per heavy atom. The highest BCUT2D eigenvalue weighted by Gasteiger charge is 2.20. The zero-order valence-corrected chi connectivity index (χ0v) is 14.5. The van der Waals surface area contributed by atoms with Gasteiger partial charge in [-0.2, -0.15) is 0 Å². The Hall–Kier alpha value is -2.50. The Labute approximate surface area is 137 Å². The van der Waals surface area contributed by atoms with Crippen molar-refractivity contribution in [3.8, 4) is 11.5 Å². The molecule has 1 rings (SSSR count). The number of carbonyl (C=O) groups is 2. The van der Waals surface area contributed by atoms with Crippen molar-refractivity contribution in [3.63, 3.8) is 0 Å². The summed E-state index contributed by atoms with van der Waals surface area (Å²) in [6, 6.07) is 3.16. The van der Waals surface area contributed by atoms with Crippen LogP contribution < -0.4 is 14.8 Å². The number of methoxy groups -OCH3 is 2. The molecule has 0 aromatic heterocycles. The van der Waals surface area contributed by atoms with E-state index in [1.165, 1.54) is 19.1 Å². The predicted molar refractivity (Wildman–Crippen MR) is 90.2 cm³/mol. The monoisotopic (exact) mass is 320 g/mol. The van der Waals surface area contributed by atoms with Gasteiger partial charge in [0.1, 0.15) is 0 Å². The summed E-state index contributed by atoms with van der Waals surface area (Å²) in [4.78, 5) is 26.0. The quantitative estimate of drug-likeness (QED) is 0.818. The Kier molecular flexibility index (Phi) is 6.63. The van der Waals surface area contributed by atoms with E-state index in [-0.39, 0.29) is 11.8 Å². The van der Waals surface area contributed by atoms with Crippen molar-refractivity contribution in [1.29, 1.82) is 0 Å². The van der Waals surface area contributed by atoms with E-state index in [1.807, 2.05) is 13.0 Å². The van der Waals surface area contributed by atoms with Crippen molar-refractivity contribution in [2.45, 2.75) is 20.3 Å². The van der Waals surface area contributed by atoms with E-state index in [2.05, 4.69) is 5.32 Å². The van der Waals surface area contributed by atoms with Crippen LogP contribution in [-0.4, -0.2) is 45.0 Å². The highest BCUT2D eigenvalue weighted by atomic mass is 16.5. The highest BCUT2D eigenvalue weighted by Crippen LogP contribution is 2.34. The molecular weight excluding hydrogens is 296 g/mol. The first kappa shape index (κ1) is 18.5. The van der Waals surface area contributed by atoms with E-state index in [0.717, 1.165) is 6.42 Å². The molecule has 1 aromatic rings. The summed E-state index contributed by atoms with van der Waals surface area (Å²) in [5.74, 6) is 0.372. The molecular formula is C17H24N2O4. The first-order valence-electron chi connectivity index (χ1n) is 7.31. The van der Waals surface area contributed by atoms with Gasteiger partial charge in [0, 0.05) is 25.7 Å². The van der Waals surface area contributed by atoms with Crippen molar-refractivity contribution >= 4 is 17.5 Å². The Bertz CT molecular complexity index is 621. The fourth-order valence-electron chi connectivity index (χ4n) is 2.02. The maximum Gasteiger partial charge on any atom is 0.255 e. The van der Waals surface area contributed by atoms with Crippen LogP contribution in [0.25, 0.3) is 0 Å². The molecule has 0 saturated heterocycles. The molecule has 0 unspecified atom stereocenters. The van der Waals surface area contributed by atoms with E-state index < -0.39 is 0 Å². The maximum absolute atomic E-state index is 12.4. The van der Waals surface area contributed by atoms with Gasteiger partial charge in [-0.05, 0) is 19.4 Å². The van der Waals surface area contributed by atoms with E-state index in [0.29, 0.717) is 28.3 Å². The van der Waals surface area contributed by atoms with Gasteiger partial charge in [0.25, 0.3) is 11.8 Å². The van der Waals surface area contributed by atoms with Crippen molar-refractivity contribution in [1.82, 2.24) is 4.90 Å². The van der Waals surface area contributed by atoms with Gasteiger partial charge >= 0.3 is 0 Å². The van der Waals surface area contributed by atoms with Gasteiger partial charge in [-0.3, -0.25) is 9.59 Å². The van der Waals surface area contributed by atoms with E-state index in [4.69, 9.17) is 9.47 Å². The lowest BCUT2D eigenvalue weighted by Crippen LogP contribution is -2.24. The second-order valence-electron chi connectivity index (χ2n) is 5.20. The summed E-state index contributed by atoms with van der Waals surface area (Å²) < 4.78 is 10.5. The Balaban J connectivity index is 3.34. The number of amides is 2. The second kappa shape index (κ2) is 8.22. The molecule has 0 aliphatic heterocycles. The van der Waals surface area contributed by atoms with Crippen LogP contribution in [0, 0.1) is 0 Å². The first-order valence-corrected chi connectivity index (χ1v) is 7.31. The molecule has 2 amide bonds. The van der Waals surface area contributed by atoms with E-state index in [9.17, 15) is 9.59 Å². The average molecular weight is 320 g/mol. The molecule has 23 heavy (non-hydrogen) atoms. The Morgan fingerprint density at radius 1 is 1.17 bits per heavy atom.